The fourth-order valence-corrected chi connectivity index (χ4v) is 5.45. The van der Waals surface area contributed by atoms with Gasteiger partial charge in [-0.25, -0.2) is 0 Å². The summed E-state index contributed by atoms with van der Waals surface area (Å²) < 4.78 is 38.1. The molecule has 4 aliphatic rings. The van der Waals surface area contributed by atoms with Gasteiger partial charge in [0.1, 0.15) is 91.6 Å². The molecule has 13 N–H and O–H groups in total. The second kappa shape index (κ2) is 15.0. The molecule has 20 nitrogen and oxygen atoms in total. The molecule has 4 fully saturated rings. The van der Waals surface area contributed by atoms with E-state index in [-0.39, 0.29) is 0 Å². The number of hydrogen-bond donors (Lipinski definition) is 13. The van der Waals surface area contributed by atoms with Crippen LogP contribution in [0.25, 0.3) is 0 Å². The third-order valence-corrected chi connectivity index (χ3v) is 8.17. The van der Waals surface area contributed by atoms with Crippen LogP contribution in [0.4, 0.5) is 0 Å². The Morgan fingerprint density at radius 3 is 1.41 bits per heavy atom. The van der Waals surface area contributed by atoms with Gasteiger partial charge in [-0.15, -0.1) is 0 Å². The highest BCUT2D eigenvalue weighted by atomic mass is 16.8. The molecule has 0 radical (unpaired) electrons. The molecule has 0 aliphatic carbocycles. The number of aliphatic hydroxyl groups excluding tert-OH is 13. The second-order valence-corrected chi connectivity index (χ2v) is 11.1. The van der Waals surface area contributed by atoms with E-state index < -0.39 is 143 Å². The summed E-state index contributed by atoms with van der Waals surface area (Å²) in [5, 5.41) is 134. The molecular weight excluding hydrogens is 608 g/mol. The van der Waals surface area contributed by atoms with E-state index in [9.17, 15) is 66.4 Å². The molecule has 8 unspecified atom stereocenters. The molecule has 4 saturated heterocycles. The maximum atomic E-state index is 11.1. The topological polar surface area (TPSA) is 328 Å². The van der Waals surface area contributed by atoms with Crippen LogP contribution in [0.3, 0.4) is 0 Å². The lowest BCUT2D eigenvalue weighted by molar-refractivity contribution is -0.395. The summed E-state index contributed by atoms with van der Waals surface area (Å²) in [6, 6.07) is 0. The first kappa shape index (κ1) is 36.0. The van der Waals surface area contributed by atoms with Crippen molar-refractivity contribution in [3.63, 3.8) is 0 Å². The van der Waals surface area contributed by atoms with E-state index in [2.05, 4.69) is 0 Å². The first-order valence-electron chi connectivity index (χ1n) is 14.0. The van der Waals surface area contributed by atoms with E-state index in [0.29, 0.717) is 0 Å². The van der Waals surface area contributed by atoms with Gasteiger partial charge >= 0.3 is 0 Å². The maximum absolute atomic E-state index is 11.1. The average Bonchev–Trinajstić information content (AvgIpc) is 3.00. The van der Waals surface area contributed by atoms with Crippen LogP contribution < -0.4 is 0 Å². The summed E-state index contributed by atoms with van der Waals surface area (Å²) in [4.78, 5) is 0. The lowest BCUT2D eigenvalue weighted by Gasteiger charge is -2.49. The number of aliphatic hydroxyl groups is 13. The predicted molar refractivity (Wildman–Crippen MR) is 132 cm³/mol. The molecule has 0 spiro atoms. The summed E-state index contributed by atoms with van der Waals surface area (Å²) in [6.45, 7) is -1.19. The first-order chi connectivity index (χ1) is 20.7. The lowest BCUT2D eigenvalue weighted by Crippen LogP contribution is -2.67. The Hall–Kier alpha value is -0.800. The van der Waals surface area contributed by atoms with Crippen LogP contribution in [0.1, 0.15) is 6.92 Å². The van der Waals surface area contributed by atoms with Crippen LogP contribution in [0.2, 0.25) is 0 Å². The summed E-state index contributed by atoms with van der Waals surface area (Å²) >= 11 is 0. The van der Waals surface area contributed by atoms with Gasteiger partial charge in [-0.05, 0) is 6.92 Å². The smallest absolute Gasteiger partial charge is 0.187 e. The summed E-state index contributed by atoms with van der Waals surface area (Å²) in [5.74, 6) is 0. The van der Waals surface area contributed by atoms with Crippen LogP contribution in [0.15, 0.2) is 0 Å². The third-order valence-electron chi connectivity index (χ3n) is 8.17. The minimum Gasteiger partial charge on any atom is -0.394 e. The molecular formula is C24H42O20. The first-order valence-corrected chi connectivity index (χ1v) is 14.0. The molecule has 0 saturated carbocycles. The number of ether oxygens (including phenoxy) is 7. The molecule has 0 aromatic rings. The Balaban J connectivity index is 1.58. The molecule has 4 rings (SSSR count). The number of hydrogen-bond acceptors (Lipinski definition) is 20. The predicted octanol–water partition coefficient (Wildman–Crippen LogP) is -8.72. The quantitative estimate of drug-likeness (QED) is 0.110. The molecule has 0 amide bonds. The van der Waals surface area contributed by atoms with Gasteiger partial charge in [-0.3, -0.25) is 0 Å². The summed E-state index contributed by atoms with van der Waals surface area (Å²) in [6.07, 6.45) is -34.8. The van der Waals surface area contributed by atoms with Crippen LogP contribution in [-0.2, 0) is 33.2 Å². The van der Waals surface area contributed by atoms with Gasteiger partial charge in [0.2, 0.25) is 0 Å². The minimum atomic E-state index is -2.00. The van der Waals surface area contributed by atoms with E-state index in [1.165, 1.54) is 6.92 Å². The highest BCUT2D eigenvalue weighted by Crippen LogP contribution is 2.34. The van der Waals surface area contributed by atoms with E-state index in [1.54, 1.807) is 0 Å². The van der Waals surface area contributed by atoms with Crippen molar-refractivity contribution < 1.29 is 99.5 Å². The summed E-state index contributed by atoms with van der Waals surface area (Å²) in [7, 11) is 0. The second-order valence-electron chi connectivity index (χ2n) is 11.1. The minimum absolute atomic E-state index is 0.819. The Labute approximate surface area is 249 Å². The van der Waals surface area contributed by atoms with Crippen molar-refractivity contribution in [2.75, 3.05) is 19.8 Å². The highest BCUT2D eigenvalue weighted by Gasteiger charge is 2.55. The van der Waals surface area contributed by atoms with Crippen molar-refractivity contribution in [1.29, 1.82) is 0 Å². The van der Waals surface area contributed by atoms with Gasteiger partial charge in [0.05, 0.1) is 25.9 Å². The summed E-state index contributed by atoms with van der Waals surface area (Å²) in [5.41, 5.74) is 0. The number of rotatable bonds is 9. The molecule has 20 heteroatoms. The fourth-order valence-electron chi connectivity index (χ4n) is 5.45. The Bertz CT molecular complexity index is 886. The van der Waals surface area contributed by atoms with Crippen LogP contribution in [0.5, 0.6) is 0 Å². The molecule has 0 aromatic heterocycles. The van der Waals surface area contributed by atoms with Gasteiger partial charge in [-0.2, -0.15) is 0 Å². The van der Waals surface area contributed by atoms with Gasteiger partial charge in [0.25, 0.3) is 0 Å². The largest absolute Gasteiger partial charge is 0.394 e. The zero-order valence-electron chi connectivity index (χ0n) is 23.3. The van der Waals surface area contributed by atoms with Gasteiger partial charge in [0, 0.05) is 0 Å². The molecule has 0 bridgehead atoms. The Kier molecular flexibility index (Phi) is 12.3. The maximum Gasteiger partial charge on any atom is 0.187 e. The molecule has 0 aromatic carbocycles. The van der Waals surface area contributed by atoms with Crippen LogP contribution in [-0.4, -0.2) is 209 Å². The SMILES string of the molecule is CC1O[C@@H](O)C(O)[C@@H](O[C@@H]2OC(CO)[C@@H](O)C(O[C@@H]3OC(CO)[C@@H](O)C(O)[C@H]3O[C@H]3OC(CO)[C@@H](O)[C@H](O)C3O)[C@H]2O)[C@H]1O. The van der Waals surface area contributed by atoms with Crippen molar-refractivity contribution in [3.8, 4) is 0 Å². The Morgan fingerprint density at radius 1 is 0.409 bits per heavy atom. The molecule has 4 aliphatic heterocycles. The van der Waals surface area contributed by atoms with Crippen LogP contribution >= 0.6 is 0 Å². The standard InChI is InChI=1S/C24H42O20/c1-5-9(28)18(16(35)21(37)38-5)42-23-17(36)19(12(31)8(4-27)40-23)43-24-20(14(33)11(30)7(3-26)41-24)44-22-15(34)13(32)10(29)6(2-25)39-22/h5-37H,2-4H2,1H3/t5?,6?,7?,8?,9-,10+,11+,12+,13-,14?,15?,16?,17+,18-,19?,20+,21+,22+,23-,24-/m0/s1. The average molecular weight is 651 g/mol. The fraction of sp³-hybridized carbons (Fsp3) is 1.00. The van der Waals surface area contributed by atoms with E-state index >= 15 is 0 Å². The van der Waals surface area contributed by atoms with E-state index in [1.807, 2.05) is 0 Å². The molecule has 44 heavy (non-hydrogen) atoms. The van der Waals surface area contributed by atoms with Gasteiger partial charge in [0.15, 0.2) is 25.2 Å². The van der Waals surface area contributed by atoms with Gasteiger partial charge < -0.3 is 99.5 Å². The lowest BCUT2D eigenvalue weighted by atomic mass is 9.95. The van der Waals surface area contributed by atoms with E-state index in [0.717, 1.165) is 0 Å². The van der Waals surface area contributed by atoms with Crippen molar-refractivity contribution >= 4 is 0 Å². The van der Waals surface area contributed by atoms with Gasteiger partial charge in [-0.1, -0.05) is 0 Å². The normalized spacial score (nSPS) is 53.9. The molecule has 20 atom stereocenters. The van der Waals surface area contributed by atoms with E-state index in [4.69, 9.17) is 33.2 Å². The van der Waals surface area contributed by atoms with Crippen molar-refractivity contribution in [1.82, 2.24) is 0 Å². The zero-order valence-corrected chi connectivity index (χ0v) is 23.3. The molecule has 4 heterocycles. The van der Waals surface area contributed by atoms with Crippen molar-refractivity contribution in [2.24, 2.45) is 0 Å². The van der Waals surface area contributed by atoms with Crippen molar-refractivity contribution in [3.05, 3.63) is 0 Å². The van der Waals surface area contributed by atoms with Crippen LogP contribution in [0, 0.1) is 0 Å². The zero-order chi connectivity index (χ0) is 32.6. The monoisotopic (exact) mass is 650 g/mol. The molecule has 258 valence electrons. The third kappa shape index (κ3) is 7.05. The Morgan fingerprint density at radius 2 is 0.841 bits per heavy atom. The highest BCUT2D eigenvalue weighted by molar-refractivity contribution is 4.97. The van der Waals surface area contributed by atoms with Crippen molar-refractivity contribution in [2.45, 2.75) is 130 Å².